The van der Waals surface area contributed by atoms with Crippen LogP contribution in [0.5, 0.6) is 0 Å². The van der Waals surface area contributed by atoms with E-state index in [9.17, 15) is 14.7 Å². The van der Waals surface area contributed by atoms with Crippen molar-refractivity contribution in [2.75, 3.05) is 13.1 Å². The van der Waals surface area contributed by atoms with Crippen molar-refractivity contribution in [3.8, 4) is 0 Å². The van der Waals surface area contributed by atoms with Crippen molar-refractivity contribution < 1.29 is 14.7 Å². The maximum Gasteiger partial charge on any atom is 0.317 e. The molecule has 0 atom stereocenters. The topological polar surface area (TPSA) is 69.6 Å². The fourth-order valence-electron chi connectivity index (χ4n) is 2.34. The van der Waals surface area contributed by atoms with Gasteiger partial charge in [-0.15, -0.1) is 6.58 Å². The number of hydrogen-bond acceptors (Lipinski definition) is 2. The average molecular weight is 252 g/mol. The molecular weight excluding hydrogens is 232 g/mol. The zero-order valence-corrected chi connectivity index (χ0v) is 10.5. The Morgan fingerprint density at radius 3 is 2.50 bits per heavy atom. The molecule has 0 aromatic heterocycles. The van der Waals surface area contributed by atoms with Gasteiger partial charge in [0.25, 0.3) is 0 Å². The largest absolute Gasteiger partial charge is 0.481 e. The molecule has 0 radical (unpaired) electrons. The van der Waals surface area contributed by atoms with Crippen LogP contribution in [-0.4, -0.2) is 41.1 Å². The zero-order valence-electron chi connectivity index (χ0n) is 10.5. The number of nitrogens with one attached hydrogen (secondary N) is 1. The minimum Gasteiger partial charge on any atom is -0.481 e. The van der Waals surface area contributed by atoms with Gasteiger partial charge in [0.2, 0.25) is 0 Å². The third-order valence-corrected chi connectivity index (χ3v) is 3.92. The molecule has 0 heterocycles. The fraction of sp³-hybridized carbons (Fsp3) is 0.692. The van der Waals surface area contributed by atoms with E-state index in [1.54, 1.807) is 11.0 Å². The van der Waals surface area contributed by atoms with Crippen LogP contribution >= 0.6 is 0 Å². The van der Waals surface area contributed by atoms with E-state index < -0.39 is 11.4 Å². The summed E-state index contributed by atoms with van der Waals surface area (Å²) in [5.41, 5.74) is -0.723. The number of amides is 2. The number of hydrogen-bond donors (Lipinski definition) is 2. The van der Waals surface area contributed by atoms with E-state index in [2.05, 4.69) is 11.9 Å². The van der Waals surface area contributed by atoms with E-state index in [0.29, 0.717) is 25.4 Å². The Kier molecular flexibility index (Phi) is 3.59. The van der Waals surface area contributed by atoms with Crippen molar-refractivity contribution in [1.29, 1.82) is 0 Å². The van der Waals surface area contributed by atoms with Crippen molar-refractivity contribution in [3.05, 3.63) is 12.7 Å². The number of carboxylic acid groups (broad SMARTS) is 1. The van der Waals surface area contributed by atoms with Gasteiger partial charge in [0, 0.05) is 19.1 Å². The number of carboxylic acids is 1. The molecule has 0 aromatic rings. The molecule has 2 rings (SSSR count). The number of urea groups is 1. The summed E-state index contributed by atoms with van der Waals surface area (Å²) >= 11 is 0. The van der Waals surface area contributed by atoms with Gasteiger partial charge in [0.05, 0.1) is 5.41 Å². The van der Waals surface area contributed by atoms with Gasteiger partial charge in [-0.25, -0.2) is 4.79 Å². The standard InChI is InChI=1S/C13H20N2O3/c1-2-8-15(10-4-5-10)12(18)14-9-13(11(16)17)6-3-7-13/h2,10H,1,3-9H2,(H,14,18)(H,16,17). The highest BCUT2D eigenvalue weighted by atomic mass is 16.4. The molecule has 0 bridgehead atoms. The Hall–Kier alpha value is -1.52. The lowest BCUT2D eigenvalue weighted by atomic mass is 9.69. The summed E-state index contributed by atoms with van der Waals surface area (Å²) in [4.78, 5) is 24.9. The summed E-state index contributed by atoms with van der Waals surface area (Å²) in [7, 11) is 0. The van der Waals surface area contributed by atoms with Crippen LogP contribution in [0.4, 0.5) is 4.79 Å². The lowest BCUT2D eigenvalue weighted by Crippen LogP contribution is -2.51. The molecular formula is C13H20N2O3. The van der Waals surface area contributed by atoms with Crippen LogP contribution in [-0.2, 0) is 4.79 Å². The minimum atomic E-state index is -0.796. The van der Waals surface area contributed by atoms with Crippen molar-refractivity contribution in [1.82, 2.24) is 10.2 Å². The molecule has 0 unspecified atom stereocenters. The molecule has 5 nitrogen and oxygen atoms in total. The predicted octanol–water partition coefficient (Wildman–Crippen LogP) is 1.60. The number of aliphatic carboxylic acids is 1. The van der Waals surface area contributed by atoms with Gasteiger partial charge in [-0.3, -0.25) is 4.79 Å². The molecule has 2 aliphatic carbocycles. The van der Waals surface area contributed by atoms with Crippen LogP contribution in [0.3, 0.4) is 0 Å². The summed E-state index contributed by atoms with van der Waals surface area (Å²) in [6.07, 6.45) is 6.02. The first-order chi connectivity index (χ1) is 8.59. The summed E-state index contributed by atoms with van der Waals surface area (Å²) in [6, 6.07) is 0.148. The Labute approximate surface area is 107 Å². The van der Waals surface area contributed by atoms with Gasteiger partial charge < -0.3 is 15.3 Å². The Balaban J connectivity index is 1.86. The molecule has 100 valence electrons. The number of carbonyl (C=O) groups is 2. The highest BCUT2D eigenvalue weighted by molar-refractivity contribution is 5.79. The number of rotatable bonds is 6. The Morgan fingerprint density at radius 2 is 2.11 bits per heavy atom. The number of carbonyl (C=O) groups excluding carboxylic acids is 1. The quantitative estimate of drug-likeness (QED) is 0.705. The molecule has 2 fully saturated rings. The maximum absolute atomic E-state index is 12.0. The molecule has 5 heteroatoms. The summed E-state index contributed by atoms with van der Waals surface area (Å²) < 4.78 is 0. The lowest BCUT2D eigenvalue weighted by molar-refractivity contribution is -0.153. The van der Waals surface area contributed by atoms with Crippen LogP contribution in [0.25, 0.3) is 0 Å². The van der Waals surface area contributed by atoms with E-state index >= 15 is 0 Å². The smallest absolute Gasteiger partial charge is 0.317 e. The molecule has 0 saturated heterocycles. The SMILES string of the molecule is C=CCN(C(=O)NCC1(C(=O)O)CCC1)C1CC1. The summed E-state index contributed by atoms with van der Waals surface area (Å²) in [5, 5.41) is 12.0. The van der Waals surface area contributed by atoms with Crippen LogP contribution in [0.2, 0.25) is 0 Å². The van der Waals surface area contributed by atoms with Crippen LogP contribution in [0.15, 0.2) is 12.7 Å². The lowest BCUT2D eigenvalue weighted by Gasteiger charge is -2.38. The van der Waals surface area contributed by atoms with E-state index in [1.807, 2.05) is 0 Å². The van der Waals surface area contributed by atoms with E-state index in [1.165, 1.54) is 0 Å². The normalized spacial score (nSPS) is 20.7. The molecule has 2 amide bonds. The second kappa shape index (κ2) is 5.00. The van der Waals surface area contributed by atoms with Gasteiger partial charge in [-0.05, 0) is 25.7 Å². The molecule has 2 saturated carbocycles. The van der Waals surface area contributed by atoms with Gasteiger partial charge in [-0.1, -0.05) is 12.5 Å². The van der Waals surface area contributed by atoms with E-state index in [0.717, 1.165) is 19.3 Å². The first-order valence-electron chi connectivity index (χ1n) is 6.48. The van der Waals surface area contributed by atoms with Crippen LogP contribution in [0, 0.1) is 5.41 Å². The summed E-state index contributed by atoms with van der Waals surface area (Å²) in [5.74, 6) is -0.796. The van der Waals surface area contributed by atoms with Gasteiger partial charge in [0.15, 0.2) is 0 Å². The van der Waals surface area contributed by atoms with Gasteiger partial charge >= 0.3 is 12.0 Å². The first kappa shape index (κ1) is 12.9. The maximum atomic E-state index is 12.0. The van der Waals surface area contributed by atoms with Gasteiger partial charge in [0.1, 0.15) is 0 Å². The van der Waals surface area contributed by atoms with Crippen LogP contribution in [0.1, 0.15) is 32.1 Å². The molecule has 0 aromatic carbocycles. The highest BCUT2D eigenvalue weighted by Crippen LogP contribution is 2.40. The van der Waals surface area contributed by atoms with Crippen molar-refractivity contribution in [2.45, 2.75) is 38.1 Å². The minimum absolute atomic E-state index is 0.162. The van der Waals surface area contributed by atoms with Crippen LogP contribution < -0.4 is 5.32 Å². The molecule has 0 aliphatic heterocycles. The van der Waals surface area contributed by atoms with Gasteiger partial charge in [-0.2, -0.15) is 0 Å². The third kappa shape index (κ3) is 2.49. The second-order valence-corrected chi connectivity index (χ2v) is 5.27. The zero-order chi connectivity index (χ0) is 13.2. The van der Waals surface area contributed by atoms with Crippen molar-refractivity contribution >= 4 is 12.0 Å². The molecule has 0 spiro atoms. The predicted molar refractivity (Wildman–Crippen MR) is 67.2 cm³/mol. The second-order valence-electron chi connectivity index (χ2n) is 5.27. The van der Waals surface area contributed by atoms with Crippen molar-refractivity contribution in [2.24, 2.45) is 5.41 Å². The molecule has 2 aliphatic rings. The Morgan fingerprint density at radius 1 is 1.44 bits per heavy atom. The van der Waals surface area contributed by atoms with E-state index in [4.69, 9.17) is 0 Å². The monoisotopic (exact) mass is 252 g/mol. The average Bonchev–Trinajstić information content (AvgIpc) is 3.07. The third-order valence-electron chi connectivity index (χ3n) is 3.92. The highest BCUT2D eigenvalue weighted by Gasteiger charge is 2.45. The first-order valence-corrected chi connectivity index (χ1v) is 6.48. The summed E-state index contributed by atoms with van der Waals surface area (Å²) in [6.45, 7) is 4.40. The Bertz CT molecular complexity index is 359. The molecule has 18 heavy (non-hydrogen) atoms. The van der Waals surface area contributed by atoms with E-state index in [-0.39, 0.29) is 12.6 Å². The van der Waals surface area contributed by atoms with Crippen molar-refractivity contribution in [3.63, 3.8) is 0 Å². The molecule has 2 N–H and O–H groups in total. The fourth-order valence-corrected chi connectivity index (χ4v) is 2.34. The number of nitrogens with zero attached hydrogens (tertiary/aromatic N) is 1.